The van der Waals surface area contributed by atoms with Crippen LogP contribution in [0.3, 0.4) is 0 Å². The number of hydrogen-bond acceptors (Lipinski definition) is 3. The highest BCUT2D eigenvalue weighted by Gasteiger charge is 2.24. The van der Waals surface area contributed by atoms with Gasteiger partial charge in [0.05, 0.1) is 11.5 Å². The van der Waals surface area contributed by atoms with Gasteiger partial charge in [0.25, 0.3) is 5.91 Å². The van der Waals surface area contributed by atoms with Crippen LogP contribution in [-0.4, -0.2) is 31.9 Å². The Morgan fingerprint density at radius 2 is 1.71 bits per heavy atom. The lowest BCUT2D eigenvalue weighted by Crippen LogP contribution is -2.40. The first-order chi connectivity index (χ1) is 8.07. The number of amides is 1. The summed E-state index contributed by atoms with van der Waals surface area (Å²) in [4.78, 5) is 11.8. The predicted octanol–water partition coefficient (Wildman–Crippen LogP) is 0.994. The molecule has 1 aromatic rings. The zero-order chi connectivity index (χ0) is 12.3. The Morgan fingerprint density at radius 1 is 1.12 bits per heavy atom. The van der Waals surface area contributed by atoms with Gasteiger partial charge in [0.15, 0.2) is 0 Å². The highest BCUT2D eigenvalue weighted by atomic mass is 32.2. The van der Waals surface area contributed by atoms with Crippen LogP contribution in [0.15, 0.2) is 30.3 Å². The van der Waals surface area contributed by atoms with Crippen LogP contribution in [0.5, 0.6) is 0 Å². The molecule has 5 heteroatoms. The molecule has 1 aliphatic rings. The van der Waals surface area contributed by atoms with Crippen molar-refractivity contribution in [2.75, 3.05) is 11.5 Å². The first kappa shape index (κ1) is 12.1. The summed E-state index contributed by atoms with van der Waals surface area (Å²) in [6, 6.07) is 8.93. The third-order valence-corrected chi connectivity index (χ3v) is 4.64. The van der Waals surface area contributed by atoms with Crippen LogP contribution in [-0.2, 0) is 9.84 Å². The molecular weight excluding hydrogens is 238 g/mol. The maximum absolute atomic E-state index is 11.8. The van der Waals surface area contributed by atoms with Crippen molar-refractivity contribution in [3.05, 3.63) is 35.9 Å². The van der Waals surface area contributed by atoms with Crippen LogP contribution in [0.1, 0.15) is 23.2 Å². The van der Waals surface area contributed by atoms with Crippen LogP contribution < -0.4 is 5.32 Å². The molecule has 1 amide bonds. The Morgan fingerprint density at radius 3 is 2.29 bits per heavy atom. The van der Waals surface area contributed by atoms with Crippen molar-refractivity contribution in [3.8, 4) is 0 Å². The van der Waals surface area contributed by atoms with Gasteiger partial charge >= 0.3 is 0 Å². The summed E-state index contributed by atoms with van der Waals surface area (Å²) in [6.45, 7) is 0. The van der Waals surface area contributed by atoms with E-state index in [9.17, 15) is 13.2 Å². The molecule has 0 atom stereocenters. The minimum atomic E-state index is -2.87. The van der Waals surface area contributed by atoms with E-state index in [4.69, 9.17) is 0 Å². The largest absolute Gasteiger partial charge is 0.349 e. The second-order valence-electron chi connectivity index (χ2n) is 4.27. The summed E-state index contributed by atoms with van der Waals surface area (Å²) in [7, 11) is -2.87. The van der Waals surface area contributed by atoms with E-state index in [0.29, 0.717) is 18.4 Å². The van der Waals surface area contributed by atoms with Gasteiger partial charge in [-0.2, -0.15) is 0 Å². The van der Waals surface area contributed by atoms with Crippen LogP contribution in [0.4, 0.5) is 0 Å². The van der Waals surface area contributed by atoms with Gasteiger partial charge in [0.2, 0.25) is 0 Å². The van der Waals surface area contributed by atoms with Gasteiger partial charge in [-0.05, 0) is 25.0 Å². The van der Waals surface area contributed by atoms with Gasteiger partial charge in [-0.1, -0.05) is 18.2 Å². The number of carbonyl (C=O) groups is 1. The van der Waals surface area contributed by atoms with Gasteiger partial charge in [-0.25, -0.2) is 8.42 Å². The average Bonchev–Trinajstić information content (AvgIpc) is 2.33. The van der Waals surface area contributed by atoms with E-state index in [-0.39, 0.29) is 23.5 Å². The lowest BCUT2D eigenvalue weighted by molar-refractivity contribution is 0.0934. The summed E-state index contributed by atoms with van der Waals surface area (Å²) >= 11 is 0. The average molecular weight is 253 g/mol. The number of nitrogens with one attached hydrogen (secondary N) is 1. The Hall–Kier alpha value is -1.36. The van der Waals surface area contributed by atoms with Crippen LogP contribution in [0.2, 0.25) is 0 Å². The topological polar surface area (TPSA) is 63.2 Å². The van der Waals surface area contributed by atoms with Gasteiger partial charge in [0.1, 0.15) is 9.84 Å². The monoisotopic (exact) mass is 253 g/mol. The van der Waals surface area contributed by atoms with Crippen LogP contribution >= 0.6 is 0 Å². The molecule has 4 nitrogen and oxygen atoms in total. The smallest absolute Gasteiger partial charge is 0.251 e. The summed E-state index contributed by atoms with van der Waals surface area (Å²) in [5.41, 5.74) is 0.612. The molecule has 92 valence electrons. The Labute approximate surface area is 101 Å². The van der Waals surface area contributed by atoms with Gasteiger partial charge in [0, 0.05) is 11.6 Å². The van der Waals surface area contributed by atoms with E-state index in [1.54, 1.807) is 24.3 Å². The molecule has 17 heavy (non-hydrogen) atoms. The van der Waals surface area contributed by atoms with Gasteiger partial charge in [-0.15, -0.1) is 0 Å². The summed E-state index contributed by atoms with van der Waals surface area (Å²) in [5.74, 6) is 0.217. The second-order valence-corrected chi connectivity index (χ2v) is 6.57. The molecule has 0 spiro atoms. The van der Waals surface area contributed by atoms with Crippen molar-refractivity contribution in [2.24, 2.45) is 0 Å². The molecule has 0 bridgehead atoms. The molecule has 1 N–H and O–H groups in total. The minimum Gasteiger partial charge on any atom is -0.349 e. The van der Waals surface area contributed by atoms with E-state index in [2.05, 4.69) is 5.32 Å². The van der Waals surface area contributed by atoms with Crippen molar-refractivity contribution in [2.45, 2.75) is 18.9 Å². The van der Waals surface area contributed by atoms with Gasteiger partial charge in [-0.3, -0.25) is 4.79 Å². The summed E-state index contributed by atoms with van der Waals surface area (Å²) < 4.78 is 22.5. The third-order valence-electron chi connectivity index (χ3n) is 2.93. The number of sulfone groups is 1. The molecule has 0 radical (unpaired) electrons. The maximum Gasteiger partial charge on any atom is 0.251 e. The molecule has 1 saturated heterocycles. The SMILES string of the molecule is O=C(NC1CCS(=O)(=O)CC1)c1ccccc1. The van der Waals surface area contributed by atoms with E-state index in [1.165, 1.54) is 0 Å². The number of rotatable bonds is 2. The number of carbonyl (C=O) groups excluding carboxylic acids is 1. The van der Waals surface area contributed by atoms with Crippen molar-refractivity contribution in [1.29, 1.82) is 0 Å². The molecule has 0 aliphatic carbocycles. The van der Waals surface area contributed by atoms with Crippen molar-refractivity contribution >= 4 is 15.7 Å². The summed E-state index contributed by atoms with van der Waals surface area (Å²) in [6.07, 6.45) is 1.03. The first-order valence-electron chi connectivity index (χ1n) is 5.63. The van der Waals surface area contributed by atoms with Crippen LogP contribution in [0, 0.1) is 0 Å². The molecular formula is C12H15NO3S. The molecule has 1 fully saturated rings. The number of benzene rings is 1. The first-order valence-corrected chi connectivity index (χ1v) is 7.45. The van der Waals surface area contributed by atoms with E-state index < -0.39 is 9.84 Å². The number of hydrogen-bond donors (Lipinski definition) is 1. The van der Waals surface area contributed by atoms with E-state index in [1.807, 2.05) is 6.07 Å². The Bertz CT molecular complexity index is 482. The third kappa shape index (κ3) is 3.30. The lowest BCUT2D eigenvalue weighted by Gasteiger charge is -2.22. The van der Waals surface area contributed by atoms with Crippen molar-refractivity contribution in [3.63, 3.8) is 0 Å². The maximum atomic E-state index is 11.8. The van der Waals surface area contributed by atoms with Gasteiger partial charge < -0.3 is 5.32 Å². The fourth-order valence-corrected chi connectivity index (χ4v) is 3.38. The fourth-order valence-electron chi connectivity index (χ4n) is 1.89. The normalized spacial score (nSPS) is 19.8. The highest BCUT2D eigenvalue weighted by molar-refractivity contribution is 7.91. The minimum absolute atomic E-state index is 0.0220. The Kier molecular flexibility index (Phi) is 3.47. The van der Waals surface area contributed by atoms with Crippen molar-refractivity contribution in [1.82, 2.24) is 5.32 Å². The van der Waals surface area contributed by atoms with Crippen LogP contribution in [0.25, 0.3) is 0 Å². The van der Waals surface area contributed by atoms with Crippen molar-refractivity contribution < 1.29 is 13.2 Å². The molecule has 1 heterocycles. The fraction of sp³-hybridized carbons (Fsp3) is 0.417. The zero-order valence-electron chi connectivity index (χ0n) is 9.43. The van der Waals surface area contributed by atoms with E-state index >= 15 is 0 Å². The molecule has 2 rings (SSSR count). The lowest BCUT2D eigenvalue weighted by atomic mass is 10.1. The standard InChI is InChI=1S/C12H15NO3S/c14-12(10-4-2-1-3-5-10)13-11-6-8-17(15,16)9-7-11/h1-5,11H,6-9H2,(H,13,14). The zero-order valence-corrected chi connectivity index (χ0v) is 10.2. The molecule has 1 aromatic carbocycles. The molecule has 1 aliphatic heterocycles. The predicted molar refractivity (Wildman–Crippen MR) is 65.6 cm³/mol. The molecule has 0 aromatic heterocycles. The quantitative estimate of drug-likeness (QED) is 0.855. The molecule has 0 unspecified atom stereocenters. The second kappa shape index (κ2) is 4.87. The Balaban J connectivity index is 1.93. The highest BCUT2D eigenvalue weighted by Crippen LogP contribution is 2.12. The molecule has 0 saturated carbocycles. The summed E-state index contributed by atoms with van der Waals surface area (Å²) in [5, 5.41) is 2.87. The van der Waals surface area contributed by atoms with E-state index in [0.717, 1.165) is 0 Å².